The highest BCUT2D eigenvalue weighted by Crippen LogP contribution is 2.34. The lowest BCUT2D eigenvalue weighted by Gasteiger charge is -2.22. The summed E-state index contributed by atoms with van der Waals surface area (Å²) < 4.78 is 0.0723. The number of hydrogen-bond acceptors (Lipinski definition) is 0. The van der Waals surface area contributed by atoms with E-state index < -0.39 is 0 Å². The van der Waals surface area contributed by atoms with Gasteiger partial charge in [0.15, 0.2) is 0 Å². The Hall–Kier alpha value is 0.250. The predicted molar refractivity (Wildman–Crippen MR) is 49.6 cm³/mol. The average molecular weight is 222 g/mol. The van der Waals surface area contributed by atoms with Gasteiger partial charge in [-0.1, -0.05) is 33.1 Å². The maximum absolute atomic E-state index is 5.85. The molecule has 0 nitrogen and oxygen atoms in total. The molecule has 10 heavy (non-hydrogen) atoms. The fourth-order valence-electron chi connectivity index (χ4n) is 1.21. The molecular formula is C8H10BrCl. The first-order valence-electron chi connectivity index (χ1n) is 3.24. The minimum atomic E-state index is 0.0723. The topological polar surface area (TPSA) is 0 Å². The number of halogens is 2. The Kier molecular flexibility index (Phi) is 2.26. The molecule has 2 heteroatoms. The highest BCUT2D eigenvalue weighted by Gasteiger charge is 2.21. The fourth-order valence-corrected chi connectivity index (χ4v) is 2.46. The lowest BCUT2D eigenvalue weighted by atomic mass is 9.97. The fraction of sp³-hybridized carbons (Fsp3) is 0.500. The van der Waals surface area contributed by atoms with Crippen LogP contribution in [-0.4, -0.2) is 4.32 Å². The van der Waals surface area contributed by atoms with E-state index in [0.29, 0.717) is 0 Å². The second-order valence-corrected chi connectivity index (χ2v) is 5.22. The molecule has 1 aliphatic rings. The number of allylic oxidation sites excluding steroid dienone is 4. The second-order valence-electron chi connectivity index (χ2n) is 2.97. The Morgan fingerprint density at radius 3 is 2.70 bits per heavy atom. The van der Waals surface area contributed by atoms with E-state index in [0.717, 1.165) is 11.5 Å². The van der Waals surface area contributed by atoms with Crippen LogP contribution in [0.5, 0.6) is 0 Å². The van der Waals surface area contributed by atoms with Gasteiger partial charge in [0.25, 0.3) is 0 Å². The molecule has 1 atom stereocenters. The summed E-state index contributed by atoms with van der Waals surface area (Å²) in [6, 6.07) is 0. The Balaban J connectivity index is 2.88. The van der Waals surface area contributed by atoms with Crippen molar-refractivity contribution in [2.24, 2.45) is 0 Å². The molecule has 0 aromatic carbocycles. The summed E-state index contributed by atoms with van der Waals surface area (Å²) in [6.07, 6.45) is 5.08. The van der Waals surface area contributed by atoms with Gasteiger partial charge in [0, 0.05) is 9.36 Å². The van der Waals surface area contributed by atoms with Crippen LogP contribution in [0.25, 0.3) is 0 Å². The maximum Gasteiger partial charge on any atom is 0.0462 e. The first-order chi connectivity index (χ1) is 4.49. The molecule has 0 saturated carbocycles. The molecule has 0 aliphatic heterocycles. The third-order valence-corrected chi connectivity index (χ3v) is 2.18. The van der Waals surface area contributed by atoms with Crippen LogP contribution in [0.2, 0.25) is 0 Å². The zero-order valence-electron chi connectivity index (χ0n) is 6.12. The third kappa shape index (κ3) is 2.14. The summed E-state index contributed by atoms with van der Waals surface area (Å²) in [7, 11) is 0. The highest BCUT2D eigenvalue weighted by molar-refractivity contribution is 9.10. The van der Waals surface area contributed by atoms with Gasteiger partial charge in [-0.25, -0.2) is 0 Å². The van der Waals surface area contributed by atoms with Gasteiger partial charge >= 0.3 is 0 Å². The van der Waals surface area contributed by atoms with E-state index in [2.05, 4.69) is 29.8 Å². The lowest BCUT2D eigenvalue weighted by Crippen LogP contribution is -2.15. The largest absolute Gasteiger partial charge is 0.0846 e. The Bertz CT molecular complexity index is 201. The third-order valence-electron chi connectivity index (χ3n) is 1.45. The van der Waals surface area contributed by atoms with Gasteiger partial charge in [-0.2, -0.15) is 0 Å². The van der Waals surface area contributed by atoms with Crippen molar-refractivity contribution in [1.82, 2.24) is 0 Å². The molecule has 0 heterocycles. The van der Waals surface area contributed by atoms with E-state index in [1.807, 2.05) is 12.2 Å². The molecule has 1 unspecified atom stereocenters. The van der Waals surface area contributed by atoms with Crippen molar-refractivity contribution in [2.45, 2.75) is 24.6 Å². The molecule has 0 radical (unpaired) electrons. The second kappa shape index (κ2) is 2.71. The van der Waals surface area contributed by atoms with Crippen LogP contribution in [0, 0.1) is 0 Å². The molecule has 1 rings (SSSR count). The highest BCUT2D eigenvalue weighted by atomic mass is 79.9. The molecule has 0 aromatic heterocycles. The molecule has 0 amide bonds. The summed E-state index contributed by atoms with van der Waals surface area (Å²) in [6.45, 7) is 4.21. The van der Waals surface area contributed by atoms with Crippen molar-refractivity contribution < 1.29 is 0 Å². The van der Waals surface area contributed by atoms with Crippen LogP contribution >= 0.6 is 27.5 Å². The maximum atomic E-state index is 5.85. The summed E-state index contributed by atoms with van der Waals surface area (Å²) in [4.78, 5) is 0. The van der Waals surface area contributed by atoms with Crippen molar-refractivity contribution in [3.05, 3.63) is 22.8 Å². The molecule has 0 bridgehead atoms. The van der Waals surface area contributed by atoms with Gasteiger partial charge in [0.05, 0.1) is 0 Å². The Labute approximate surface area is 75.1 Å². The molecular weight excluding hydrogens is 211 g/mol. The van der Waals surface area contributed by atoms with Crippen molar-refractivity contribution in [3.63, 3.8) is 0 Å². The van der Waals surface area contributed by atoms with Crippen molar-refractivity contribution in [3.8, 4) is 0 Å². The van der Waals surface area contributed by atoms with Crippen LogP contribution in [0.15, 0.2) is 22.8 Å². The smallest absolute Gasteiger partial charge is 0.0462 e. The monoisotopic (exact) mass is 220 g/mol. The zero-order valence-corrected chi connectivity index (χ0v) is 8.46. The van der Waals surface area contributed by atoms with E-state index in [1.165, 1.54) is 5.57 Å². The molecule has 0 N–H and O–H groups in total. The summed E-state index contributed by atoms with van der Waals surface area (Å²) in [5.41, 5.74) is 1.33. The van der Waals surface area contributed by atoms with E-state index in [-0.39, 0.29) is 4.32 Å². The average Bonchev–Trinajstić information content (AvgIpc) is 1.54. The SMILES string of the molecule is CC1=CC(Cl)=CC(C)(Br)C1. The van der Waals surface area contributed by atoms with E-state index in [9.17, 15) is 0 Å². The predicted octanol–water partition coefficient (Wildman–Crippen LogP) is 3.61. The van der Waals surface area contributed by atoms with Gasteiger partial charge in [-0.3, -0.25) is 0 Å². The summed E-state index contributed by atoms with van der Waals surface area (Å²) in [5, 5.41) is 0.836. The van der Waals surface area contributed by atoms with E-state index in [4.69, 9.17) is 11.6 Å². The summed E-state index contributed by atoms with van der Waals surface area (Å²) >= 11 is 9.42. The Morgan fingerprint density at radius 1 is 1.70 bits per heavy atom. The number of hydrogen-bond donors (Lipinski definition) is 0. The van der Waals surface area contributed by atoms with E-state index >= 15 is 0 Å². The van der Waals surface area contributed by atoms with Crippen molar-refractivity contribution in [1.29, 1.82) is 0 Å². The summed E-state index contributed by atoms with van der Waals surface area (Å²) in [5.74, 6) is 0. The minimum absolute atomic E-state index is 0.0723. The van der Waals surface area contributed by atoms with Crippen LogP contribution in [0.4, 0.5) is 0 Å². The molecule has 0 spiro atoms. The van der Waals surface area contributed by atoms with Crippen LogP contribution < -0.4 is 0 Å². The molecule has 0 fully saturated rings. The molecule has 1 aliphatic carbocycles. The van der Waals surface area contributed by atoms with Gasteiger partial charge in [-0.05, 0) is 32.4 Å². The molecule has 56 valence electrons. The Morgan fingerprint density at radius 2 is 2.30 bits per heavy atom. The zero-order chi connectivity index (χ0) is 7.78. The van der Waals surface area contributed by atoms with Crippen molar-refractivity contribution >= 4 is 27.5 Å². The standard InChI is InChI=1S/C8H10BrCl/c1-6-3-7(10)5-8(2,9)4-6/h3,5H,4H2,1-2H3. The number of rotatable bonds is 0. The van der Waals surface area contributed by atoms with E-state index in [1.54, 1.807) is 0 Å². The van der Waals surface area contributed by atoms with Gasteiger partial charge in [0.2, 0.25) is 0 Å². The van der Waals surface area contributed by atoms with Crippen LogP contribution in [0.1, 0.15) is 20.3 Å². The minimum Gasteiger partial charge on any atom is -0.0846 e. The molecule has 0 saturated heterocycles. The van der Waals surface area contributed by atoms with Crippen molar-refractivity contribution in [2.75, 3.05) is 0 Å². The van der Waals surface area contributed by atoms with Gasteiger partial charge in [-0.15, -0.1) is 0 Å². The first kappa shape index (κ1) is 8.35. The van der Waals surface area contributed by atoms with Crippen LogP contribution in [0.3, 0.4) is 0 Å². The number of alkyl halides is 1. The van der Waals surface area contributed by atoms with Crippen LogP contribution in [-0.2, 0) is 0 Å². The van der Waals surface area contributed by atoms with Gasteiger partial charge < -0.3 is 0 Å². The normalized spacial score (nSPS) is 33.2. The van der Waals surface area contributed by atoms with Gasteiger partial charge in [0.1, 0.15) is 0 Å². The molecule has 0 aromatic rings. The first-order valence-corrected chi connectivity index (χ1v) is 4.41. The quantitative estimate of drug-likeness (QED) is 0.548. The lowest BCUT2D eigenvalue weighted by molar-refractivity contribution is 0.777.